The van der Waals surface area contributed by atoms with Crippen molar-refractivity contribution < 1.29 is 0 Å². The summed E-state index contributed by atoms with van der Waals surface area (Å²) in [5.74, 6) is 1.13. The van der Waals surface area contributed by atoms with Gasteiger partial charge < -0.3 is 5.32 Å². The standard InChI is InChI=1S/C11H20N2/c1-9(2)10-6-4-5-7-11(10,8-12)13-3/h9-10,13H,4-7H2,1-3H3. The first-order valence-electron chi connectivity index (χ1n) is 5.26. The zero-order valence-electron chi connectivity index (χ0n) is 8.93. The van der Waals surface area contributed by atoms with E-state index in [-0.39, 0.29) is 5.54 Å². The molecule has 0 saturated heterocycles. The van der Waals surface area contributed by atoms with Crippen molar-refractivity contribution in [3.05, 3.63) is 0 Å². The Kier molecular flexibility index (Phi) is 3.33. The van der Waals surface area contributed by atoms with Crippen molar-refractivity contribution >= 4 is 0 Å². The molecule has 1 aliphatic rings. The Hall–Kier alpha value is -0.550. The quantitative estimate of drug-likeness (QED) is 0.708. The molecule has 2 heteroatoms. The van der Waals surface area contributed by atoms with Gasteiger partial charge in [-0.1, -0.05) is 26.7 Å². The van der Waals surface area contributed by atoms with Crippen LogP contribution in [0, 0.1) is 23.2 Å². The van der Waals surface area contributed by atoms with Gasteiger partial charge in [-0.2, -0.15) is 5.26 Å². The minimum atomic E-state index is -0.244. The first kappa shape index (κ1) is 10.5. The second-order valence-corrected chi connectivity index (χ2v) is 4.43. The van der Waals surface area contributed by atoms with E-state index >= 15 is 0 Å². The fraction of sp³-hybridized carbons (Fsp3) is 0.909. The van der Waals surface area contributed by atoms with Gasteiger partial charge in [-0.15, -0.1) is 0 Å². The molecule has 0 aromatic heterocycles. The van der Waals surface area contributed by atoms with E-state index in [1.54, 1.807) is 0 Å². The van der Waals surface area contributed by atoms with Crippen LogP contribution < -0.4 is 5.32 Å². The summed E-state index contributed by atoms with van der Waals surface area (Å²) in [6.45, 7) is 4.44. The summed E-state index contributed by atoms with van der Waals surface area (Å²) in [5.41, 5.74) is -0.244. The minimum Gasteiger partial charge on any atom is -0.302 e. The maximum Gasteiger partial charge on any atom is 0.109 e. The Morgan fingerprint density at radius 2 is 2.15 bits per heavy atom. The Morgan fingerprint density at radius 3 is 2.54 bits per heavy atom. The summed E-state index contributed by atoms with van der Waals surface area (Å²) in [6.07, 6.45) is 4.69. The van der Waals surface area contributed by atoms with E-state index in [0.717, 1.165) is 6.42 Å². The molecular formula is C11H20N2. The lowest BCUT2D eigenvalue weighted by Gasteiger charge is -2.41. The van der Waals surface area contributed by atoms with Crippen LogP contribution in [0.3, 0.4) is 0 Å². The molecule has 1 fully saturated rings. The maximum atomic E-state index is 9.25. The van der Waals surface area contributed by atoms with E-state index in [1.165, 1.54) is 19.3 Å². The van der Waals surface area contributed by atoms with Crippen LogP contribution in [0.1, 0.15) is 39.5 Å². The summed E-state index contributed by atoms with van der Waals surface area (Å²) in [5, 5.41) is 12.5. The van der Waals surface area contributed by atoms with Gasteiger partial charge in [0.1, 0.15) is 5.54 Å². The van der Waals surface area contributed by atoms with Crippen LogP contribution in [0.25, 0.3) is 0 Å². The van der Waals surface area contributed by atoms with Gasteiger partial charge in [-0.05, 0) is 31.7 Å². The smallest absolute Gasteiger partial charge is 0.109 e. The van der Waals surface area contributed by atoms with Crippen molar-refractivity contribution in [3.8, 4) is 6.07 Å². The molecule has 0 aromatic carbocycles. The fourth-order valence-electron chi connectivity index (χ4n) is 2.61. The van der Waals surface area contributed by atoms with Crippen LogP contribution in [-0.2, 0) is 0 Å². The second kappa shape index (κ2) is 4.11. The molecular weight excluding hydrogens is 160 g/mol. The van der Waals surface area contributed by atoms with Gasteiger partial charge in [0.05, 0.1) is 6.07 Å². The minimum absolute atomic E-state index is 0.244. The number of nitrogens with one attached hydrogen (secondary N) is 1. The molecule has 2 nitrogen and oxygen atoms in total. The van der Waals surface area contributed by atoms with E-state index in [2.05, 4.69) is 25.2 Å². The highest BCUT2D eigenvalue weighted by molar-refractivity contribution is 5.12. The lowest BCUT2D eigenvalue weighted by Crippen LogP contribution is -2.52. The van der Waals surface area contributed by atoms with Crippen LogP contribution in [-0.4, -0.2) is 12.6 Å². The number of nitriles is 1. The molecule has 0 aromatic rings. The van der Waals surface area contributed by atoms with E-state index in [4.69, 9.17) is 0 Å². The molecule has 0 heterocycles. The fourth-order valence-corrected chi connectivity index (χ4v) is 2.61. The highest BCUT2D eigenvalue weighted by Crippen LogP contribution is 2.37. The van der Waals surface area contributed by atoms with Gasteiger partial charge in [0, 0.05) is 0 Å². The average molecular weight is 180 g/mol. The summed E-state index contributed by atoms with van der Waals surface area (Å²) in [6, 6.07) is 2.49. The third-order valence-electron chi connectivity index (χ3n) is 3.42. The van der Waals surface area contributed by atoms with Gasteiger partial charge in [0.25, 0.3) is 0 Å². The van der Waals surface area contributed by atoms with E-state index in [0.29, 0.717) is 11.8 Å². The van der Waals surface area contributed by atoms with Crippen molar-refractivity contribution in [3.63, 3.8) is 0 Å². The zero-order chi connectivity index (χ0) is 9.90. The summed E-state index contributed by atoms with van der Waals surface area (Å²) >= 11 is 0. The van der Waals surface area contributed by atoms with Crippen LogP contribution in [0.4, 0.5) is 0 Å². The molecule has 13 heavy (non-hydrogen) atoms. The third kappa shape index (κ3) is 1.86. The molecule has 74 valence electrons. The van der Waals surface area contributed by atoms with E-state index in [9.17, 15) is 5.26 Å². The lowest BCUT2D eigenvalue weighted by molar-refractivity contribution is 0.158. The number of rotatable bonds is 2. The third-order valence-corrected chi connectivity index (χ3v) is 3.42. The van der Waals surface area contributed by atoms with Gasteiger partial charge in [-0.3, -0.25) is 0 Å². The highest BCUT2D eigenvalue weighted by atomic mass is 15.0. The Morgan fingerprint density at radius 1 is 1.46 bits per heavy atom. The lowest BCUT2D eigenvalue weighted by atomic mass is 9.69. The van der Waals surface area contributed by atoms with Crippen LogP contribution in [0.2, 0.25) is 0 Å². The monoisotopic (exact) mass is 180 g/mol. The number of hydrogen-bond acceptors (Lipinski definition) is 2. The first-order valence-corrected chi connectivity index (χ1v) is 5.26. The molecule has 2 atom stereocenters. The molecule has 0 amide bonds. The van der Waals surface area contributed by atoms with Crippen LogP contribution in [0.15, 0.2) is 0 Å². The number of hydrogen-bond donors (Lipinski definition) is 1. The van der Waals surface area contributed by atoms with Crippen LogP contribution >= 0.6 is 0 Å². The molecule has 1 saturated carbocycles. The highest BCUT2D eigenvalue weighted by Gasteiger charge is 2.41. The molecule has 0 aliphatic heterocycles. The largest absolute Gasteiger partial charge is 0.302 e. The first-order chi connectivity index (χ1) is 6.16. The van der Waals surface area contributed by atoms with Gasteiger partial charge in [-0.25, -0.2) is 0 Å². The molecule has 1 N–H and O–H groups in total. The van der Waals surface area contributed by atoms with Gasteiger partial charge in [0.2, 0.25) is 0 Å². The molecule has 0 radical (unpaired) electrons. The summed E-state index contributed by atoms with van der Waals surface area (Å²) in [4.78, 5) is 0. The van der Waals surface area contributed by atoms with E-state index < -0.39 is 0 Å². The Labute approximate surface area is 81.3 Å². The molecule has 1 aliphatic carbocycles. The van der Waals surface area contributed by atoms with Gasteiger partial charge in [0.15, 0.2) is 0 Å². The topological polar surface area (TPSA) is 35.8 Å². The Bertz CT molecular complexity index is 205. The molecule has 0 spiro atoms. The van der Waals surface area contributed by atoms with Crippen molar-refractivity contribution in [2.45, 2.75) is 45.1 Å². The normalized spacial score (nSPS) is 34.5. The average Bonchev–Trinajstić information content (AvgIpc) is 2.17. The van der Waals surface area contributed by atoms with Gasteiger partial charge >= 0.3 is 0 Å². The molecule has 1 rings (SSSR count). The summed E-state index contributed by atoms with van der Waals surface area (Å²) < 4.78 is 0. The van der Waals surface area contributed by atoms with Crippen molar-refractivity contribution in [2.75, 3.05) is 7.05 Å². The van der Waals surface area contributed by atoms with Crippen molar-refractivity contribution in [1.82, 2.24) is 5.32 Å². The zero-order valence-corrected chi connectivity index (χ0v) is 8.93. The summed E-state index contributed by atoms with van der Waals surface area (Å²) in [7, 11) is 1.92. The van der Waals surface area contributed by atoms with Crippen molar-refractivity contribution in [1.29, 1.82) is 5.26 Å². The molecule has 2 unspecified atom stereocenters. The molecule has 0 bridgehead atoms. The Balaban J connectivity index is 2.83. The van der Waals surface area contributed by atoms with Crippen molar-refractivity contribution in [2.24, 2.45) is 11.8 Å². The predicted molar refractivity (Wildman–Crippen MR) is 54.2 cm³/mol. The number of nitrogens with zero attached hydrogens (tertiary/aromatic N) is 1. The predicted octanol–water partition coefficient (Wildman–Crippen LogP) is 2.31. The van der Waals surface area contributed by atoms with Crippen LogP contribution in [0.5, 0.6) is 0 Å². The maximum absolute atomic E-state index is 9.25. The van der Waals surface area contributed by atoms with E-state index in [1.807, 2.05) is 7.05 Å². The SMILES string of the molecule is CNC1(C#N)CCCCC1C(C)C. The second-order valence-electron chi connectivity index (χ2n) is 4.43.